The predicted octanol–water partition coefficient (Wildman–Crippen LogP) is 4.16. The summed E-state index contributed by atoms with van der Waals surface area (Å²) >= 11 is 0. The third-order valence-corrected chi connectivity index (χ3v) is 3.18. The molecule has 3 heteroatoms. The monoisotopic (exact) mass is 254 g/mol. The molecule has 0 saturated heterocycles. The number of allylic oxidation sites excluding steroid dienone is 1. The Morgan fingerprint density at radius 1 is 1.17 bits per heavy atom. The number of urea groups is 1. The Bertz CT molecular complexity index is 251. The van der Waals surface area contributed by atoms with E-state index < -0.39 is 0 Å². The van der Waals surface area contributed by atoms with Gasteiger partial charge in [0.15, 0.2) is 0 Å². The summed E-state index contributed by atoms with van der Waals surface area (Å²) in [5, 5.41) is 2.91. The quantitative estimate of drug-likeness (QED) is 0.693. The van der Waals surface area contributed by atoms with Gasteiger partial charge in [-0.15, -0.1) is 0 Å². The topological polar surface area (TPSA) is 32.3 Å². The van der Waals surface area contributed by atoms with E-state index in [9.17, 15) is 4.79 Å². The van der Waals surface area contributed by atoms with Crippen molar-refractivity contribution in [1.82, 2.24) is 10.2 Å². The van der Waals surface area contributed by atoms with Crippen molar-refractivity contribution in [2.24, 2.45) is 5.92 Å². The number of hydrogen-bond acceptors (Lipinski definition) is 1. The van der Waals surface area contributed by atoms with Crippen LogP contribution in [-0.2, 0) is 0 Å². The van der Waals surface area contributed by atoms with E-state index in [2.05, 4.69) is 33.0 Å². The van der Waals surface area contributed by atoms with E-state index >= 15 is 0 Å². The third kappa shape index (κ3) is 7.36. The van der Waals surface area contributed by atoms with Crippen molar-refractivity contribution in [1.29, 1.82) is 0 Å². The van der Waals surface area contributed by atoms with Crippen molar-refractivity contribution < 1.29 is 4.79 Å². The van der Waals surface area contributed by atoms with Gasteiger partial charge < -0.3 is 10.2 Å². The van der Waals surface area contributed by atoms with Gasteiger partial charge in [-0.1, -0.05) is 46.1 Å². The zero-order chi connectivity index (χ0) is 14.0. The van der Waals surface area contributed by atoms with Crippen LogP contribution < -0.4 is 5.32 Å². The van der Waals surface area contributed by atoms with Crippen LogP contribution in [0.5, 0.6) is 0 Å². The van der Waals surface area contributed by atoms with Gasteiger partial charge in [0.25, 0.3) is 0 Å². The summed E-state index contributed by atoms with van der Waals surface area (Å²) in [6.45, 7) is 12.3. The van der Waals surface area contributed by atoms with E-state index in [0.717, 1.165) is 38.8 Å². The third-order valence-electron chi connectivity index (χ3n) is 3.18. The highest BCUT2D eigenvalue weighted by molar-refractivity contribution is 5.75. The molecule has 2 amide bonds. The number of nitrogens with zero attached hydrogens (tertiary/aromatic N) is 1. The van der Waals surface area contributed by atoms with Crippen LogP contribution in [0.2, 0.25) is 0 Å². The summed E-state index contributed by atoms with van der Waals surface area (Å²) < 4.78 is 0. The highest BCUT2D eigenvalue weighted by atomic mass is 16.2. The Morgan fingerprint density at radius 2 is 1.67 bits per heavy atom. The number of nitrogens with one attached hydrogen (secondary N) is 1. The van der Waals surface area contributed by atoms with Gasteiger partial charge >= 0.3 is 6.03 Å². The van der Waals surface area contributed by atoms with Gasteiger partial charge in [-0.05, 0) is 25.7 Å². The summed E-state index contributed by atoms with van der Waals surface area (Å²) in [4.78, 5) is 14.0. The first-order valence-electron chi connectivity index (χ1n) is 7.25. The molecule has 0 saturated carbocycles. The van der Waals surface area contributed by atoms with Crippen molar-refractivity contribution in [3.8, 4) is 0 Å². The zero-order valence-corrected chi connectivity index (χ0v) is 12.8. The fourth-order valence-electron chi connectivity index (χ4n) is 1.45. The second kappa shape index (κ2) is 9.98. The number of rotatable bonds is 8. The van der Waals surface area contributed by atoms with Crippen molar-refractivity contribution in [2.75, 3.05) is 13.1 Å². The van der Waals surface area contributed by atoms with Crippen LogP contribution in [0.15, 0.2) is 11.8 Å². The maximum Gasteiger partial charge on any atom is 0.321 e. The minimum Gasteiger partial charge on any atom is -0.325 e. The number of carbonyl (C=O) groups is 1. The number of hydrogen-bond donors (Lipinski definition) is 1. The van der Waals surface area contributed by atoms with E-state index in [1.54, 1.807) is 0 Å². The SMILES string of the molecule is CCCCN(CCCC)C(=O)N/C=C(\C)C(C)C. The van der Waals surface area contributed by atoms with Crippen LogP contribution in [-0.4, -0.2) is 24.0 Å². The number of carbonyl (C=O) groups excluding carboxylic acids is 1. The molecule has 18 heavy (non-hydrogen) atoms. The van der Waals surface area contributed by atoms with Crippen molar-refractivity contribution in [3.05, 3.63) is 11.8 Å². The maximum absolute atomic E-state index is 12.1. The zero-order valence-electron chi connectivity index (χ0n) is 12.8. The molecule has 0 aliphatic heterocycles. The van der Waals surface area contributed by atoms with Crippen molar-refractivity contribution in [2.45, 2.75) is 60.3 Å². The minimum atomic E-state index is 0.0388. The van der Waals surface area contributed by atoms with Crippen LogP contribution in [0.1, 0.15) is 60.3 Å². The molecule has 1 N–H and O–H groups in total. The second-order valence-corrected chi connectivity index (χ2v) is 5.19. The van der Waals surface area contributed by atoms with E-state index in [-0.39, 0.29) is 6.03 Å². The predicted molar refractivity (Wildman–Crippen MR) is 78.5 cm³/mol. The number of amides is 2. The molecule has 0 aromatic rings. The highest BCUT2D eigenvalue weighted by Crippen LogP contribution is 2.06. The fourth-order valence-corrected chi connectivity index (χ4v) is 1.45. The molecule has 3 nitrogen and oxygen atoms in total. The largest absolute Gasteiger partial charge is 0.325 e. The molecule has 0 fully saturated rings. The summed E-state index contributed by atoms with van der Waals surface area (Å²) in [7, 11) is 0. The normalized spacial score (nSPS) is 11.8. The summed E-state index contributed by atoms with van der Waals surface area (Å²) in [5.41, 5.74) is 1.20. The van der Waals surface area contributed by atoms with Gasteiger partial charge in [-0.25, -0.2) is 4.79 Å². The average molecular weight is 254 g/mol. The number of unbranched alkanes of at least 4 members (excludes halogenated alkanes) is 2. The average Bonchev–Trinajstić information content (AvgIpc) is 2.35. The van der Waals surface area contributed by atoms with Gasteiger partial charge in [0.2, 0.25) is 0 Å². The Balaban J connectivity index is 4.31. The lowest BCUT2D eigenvalue weighted by Gasteiger charge is -2.22. The van der Waals surface area contributed by atoms with Crippen LogP contribution in [0.3, 0.4) is 0 Å². The lowest BCUT2D eigenvalue weighted by Crippen LogP contribution is -2.39. The second-order valence-electron chi connectivity index (χ2n) is 5.19. The smallest absolute Gasteiger partial charge is 0.321 e. The molecule has 0 aromatic carbocycles. The van der Waals surface area contributed by atoms with Crippen molar-refractivity contribution in [3.63, 3.8) is 0 Å². The Hall–Kier alpha value is -0.990. The van der Waals surface area contributed by atoms with Gasteiger partial charge in [-0.3, -0.25) is 0 Å². The molecule has 0 radical (unpaired) electrons. The Morgan fingerprint density at radius 3 is 2.06 bits per heavy atom. The summed E-state index contributed by atoms with van der Waals surface area (Å²) in [6.07, 6.45) is 6.24. The summed E-state index contributed by atoms with van der Waals surface area (Å²) in [5.74, 6) is 0.477. The van der Waals surface area contributed by atoms with E-state index in [1.807, 2.05) is 18.0 Å². The van der Waals surface area contributed by atoms with Crippen LogP contribution in [0.4, 0.5) is 4.79 Å². The summed E-state index contributed by atoms with van der Waals surface area (Å²) in [6, 6.07) is 0.0388. The fraction of sp³-hybridized carbons (Fsp3) is 0.800. The molecule has 0 unspecified atom stereocenters. The molecule has 0 spiro atoms. The van der Waals surface area contributed by atoms with Gasteiger partial charge in [-0.2, -0.15) is 0 Å². The molecular formula is C15H30N2O. The van der Waals surface area contributed by atoms with E-state index in [4.69, 9.17) is 0 Å². The van der Waals surface area contributed by atoms with Crippen LogP contribution >= 0.6 is 0 Å². The first-order valence-corrected chi connectivity index (χ1v) is 7.25. The van der Waals surface area contributed by atoms with Gasteiger partial charge in [0.05, 0.1) is 0 Å². The Labute approximate surface area is 113 Å². The molecule has 0 aromatic heterocycles. The molecule has 0 atom stereocenters. The van der Waals surface area contributed by atoms with Gasteiger partial charge in [0.1, 0.15) is 0 Å². The molecule has 106 valence electrons. The van der Waals surface area contributed by atoms with Crippen LogP contribution in [0, 0.1) is 5.92 Å². The molecule has 0 bridgehead atoms. The minimum absolute atomic E-state index is 0.0388. The lowest BCUT2D eigenvalue weighted by atomic mass is 10.1. The Kier molecular flexibility index (Phi) is 9.43. The van der Waals surface area contributed by atoms with E-state index in [1.165, 1.54) is 5.57 Å². The maximum atomic E-state index is 12.1. The van der Waals surface area contributed by atoms with Crippen molar-refractivity contribution >= 4 is 6.03 Å². The van der Waals surface area contributed by atoms with Gasteiger partial charge in [0, 0.05) is 19.3 Å². The standard InChI is InChI=1S/C15H30N2O/c1-6-8-10-17(11-9-7-2)15(18)16-12-14(5)13(3)4/h12-13H,6-11H2,1-5H3,(H,16,18)/b14-12+. The van der Waals surface area contributed by atoms with Crippen LogP contribution in [0.25, 0.3) is 0 Å². The first-order chi connectivity index (χ1) is 8.52. The lowest BCUT2D eigenvalue weighted by molar-refractivity contribution is 0.199. The van der Waals surface area contributed by atoms with E-state index in [0.29, 0.717) is 5.92 Å². The molecular weight excluding hydrogens is 224 g/mol. The molecule has 0 aliphatic rings. The first kappa shape index (κ1) is 17.0. The molecule has 0 heterocycles. The molecule has 0 rings (SSSR count). The highest BCUT2D eigenvalue weighted by Gasteiger charge is 2.10. The molecule has 0 aliphatic carbocycles.